The van der Waals surface area contributed by atoms with E-state index in [2.05, 4.69) is 34.3 Å². The molecular formula is C19H24N4. The van der Waals surface area contributed by atoms with Crippen LogP contribution in [0, 0.1) is 11.3 Å². The molecule has 1 N–H and O–H groups in total. The number of nitrogens with one attached hydrogen (secondary N) is 1. The van der Waals surface area contributed by atoms with Crippen molar-refractivity contribution < 1.29 is 0 Å². The summed E-state index contributed by atoms with van der Waals surface area (Å²) in [5, 5.41) is 16.9. The lowest BCUT2D eigenvalue weighted by molar-refractivity contribution is 0.642. The minimum atomic E-state index is 0.706. The van der Waals surface area contributed by atoms with Crippen molar-refractivity contribution in [2.24, 2.45) is 7.05 Å². The summed E-state index contributed by atoms with van der Waals surface area (Å²) in [7, 11) is 2.06. The smallest absolute Gasteiger partial charge is 0.0992 e. The van der Waals surface area contributed by atoms with Gasteiger partial charge in [-0.15, -0.1) is 0 Å². The molecule has 2 aromatic rings. The number of hydrogen-bond acceptors (Lipinski definition) is 3. The van der Waals surface area contributed by atoms with E-state index in [0.29, 0.717) is 5.56 Å². The molecule has 4 heteroatoms. The van der Waals surface area contributed by atoms with E-state index in [-0.39, 0.29) is 0 Å². The Hall–Kier alpha value is -2.28. The molecule has 0 atom stereocenters. The first-order chi connectivity index (χ1) is 11.3. The Morgan fingerprint density at radius 2 is 2.13 bits per heavy atom. The van der Waals surface area contributed by atoms with Crippen molar-refractivity contribution in [1.82, 2.24) is 9.78 Å². The zero-order valence-electron chi connectivity index (χ0n) is 13.8. The Bertz CT molecular complexity index is 692. The van der Waals surface area contributed by atoms with E-state index in [9.17, 15) is 0 Å². The van der Waals surface area contributed by atoms with Crippen molar-refractivity contribution in [1.29, 1.82) is 5.26 Å². The minimum Gasteiger partial charge on any atom is -0.385 e. The maximum Gasteiger partial charge on any atom is 0.0992 e. The fourth-order valence-electron chi connectivity index (χ4n) is 2.88. The second kappa shape index (κ2) is 7.32. The van der Waals surface area contributed by atoms with Gasteiger partial charge in [0.25, 0.3) is 0 Å². The first-order valence-electron chi connectivity index (χ1n) is 8.53. The molecule has 0 unspecified atom stereocenters. The number of aryl methyl sites for hydroxylation is 2. The van der Waals surface area contributed by atoms with Gasteiger partial charge in [-0.25, -0.2) is 0 Å². The lowest BCUT2D eigenvalue weighted by Crippen LogP contribution is -2.02. The van der Waals surface area contributed by atoms with Gasteiger partial charge in [-0.3, -0.25) is 4.68 Å². The summed E-state index contributed by atoms with van der Waals surface area (Å²) < 4.78 is 2.05. The minimum absolute atomic E-state index is 0.706. The average Bonchev–Trinajstić information content (AvgIpc) is 3.35. The summed E-state index contributed by atoms with van der Waals surface area (Å²) in [5.74, 6) is 0.739. The number of hydrogen-bond donors (Lipinski definition) is 1. The number of nitriles is 1. The molecule has 1 aliphatic carbocycles. The number of unbranched alkanes of at least 4 members (excludes halogenated alkanes) is 2. The van der Waals surface area contributed by atoms with Crippen LogP contribution >= 0.6 is 0 Å². The number of rotatable bonds is 8. The normalized spacial score (nSPS) is 13.7. The molecule has 3 rings (SSSR count). The van der Waals surface area contributed by atoms with Gasteiger partial charge in [0.1, 0.15) is 0 Å². The zero-order valence-corrected chi connectivity index (χ0v) is 13.8. The first kappa shape index (κ1) is 15.6. The second-order valence-electron chi connectivity index (χ2n) is 6.39. The Labute approximate surface area is 138 Å². The van der Waals surface area contributed by atoms with Crippen LogP contribution < -0.4 is 5.32 Å². The lowest BCUT2D eigenvalue weighted by Gasteiger charge is -2.06. The summed E-state index contributed by atoms with van der Waals surface area (Å²) in [5.41, 5.74) is 4.39. The van der Waals surface area contributed by atoms with E-state index in [4.69, 9.17) is 5.26 Å². The molecule has 4 nitrogen and oxygen atoms in total. The van der Waals surface area contributed by atoms with E-state index in [0.717, 1.165) is 31.0 Å². The molecule has 1 saturated carbocycles. The lowest BCUT2D eigenvalue weighted by atomic mass is 10.1. The summed E-state index contributed by atoms with van der Waals surface area (Å²) in [6.45, 7) is 0.952. The van der Waals surface area contributed by atoms with E-state index < -0.39 is 0 Å². The fourth-order valence-corrected chi connectivity index (χ4v) is 2.88. The highest BCUT2D eigenvalue weighted by Gasteiger charge is 2.26. The molecule has 0 radical (unpaired) electrons. The average molecular weight is 308 g/mol. The van der Waals surface area contributed by atoms with Crippen molar-refractivity contribution in [3.63, 3.8) is 0 Å². The molecule has 0 saturated heterocycles. The highest BCUT2D eigenvalue weighted by atomic mass is 15.3. The Balaban J connectivity index is 1.34. The molecular weight excluding hydrogens is 284 g/mol. The standard InChI is InChI=1S/C19H24N4/c1-23-18(13-19(22-23)16-9-10-16)8-3-2-4-11-21-17-7-5-6-15(12-17)14-20/h5-7,12-13,16,21H,2-4,8-11H2,1H3. The predicted octanol–water partition coefficient (Wildman–Crippen LogP) is 3.99. The Morgan fingerprint density at radius 3 is 2.91 bits per heavy atom. The van der Waals surface area contributed by atoms with Crippen LogP contribution in [0.15, 0.2) is 30.3 Å². The van der Waals surface area contributed by atoms with Crippen LogP contribution in [0.3, 0.4) is 0 Å². The molecule has 0 bridgehead atoms. The van der Waals surface area contributed by atoms with Crippen molar-refractivity contribution >= 4 is 5.69 Å². The fraction of sp³-hybridized carbons (Fsp3) is 0.474. The van der Waals surface area contributed by atoms with Gasteiger partial charge in [0, 0.05) is 30.9 Å². The summed E-state index contributed by atoms with van der Waals surface area (Å²) in [4.78, 5) is 0. The predicted molar refractivity (Wildman–Crippen MR) is 92.4 cm³/mol. The molecule has 23 heavy (non-hydrogen) atoms. The van der Waals surface area contributed by atoms with E-state index >= 15 is 0 Å². The molecule has 0 amide bonds. The van der Waals surface area contributed by atoms with Crippen LogP contribution in [-0.2, 0) is 13.5 Å². The van der Waals surface area contributed by atoms with Crippen LogP contribution in [0.1, 0.15) is 55.0 Å². The molecule has 0 aliphatic heterocycles. The van der Waals surface area contributed by atoms with Crippen LogP contribution in [0.25, 0.3) is 0 Å². The van der Waals surface area contributed by atoms with Gasteiger partial charge < -0.3 is 5.32 Å². The molecule has 0 spiro atoms. The summed E-state index contributed by atoms with van der Waals surface area (Å²) >= 11 is 0. The quantitative estimate of drug-likeness (QED) is 0.750. The van der Waals surface area contributed by atoms with Gasteiger partial charge in [-0.05, 0) is 56.4 Å². The topological polar surface area (TPSA) is 53.6 Å². The Morgan fingerprint density at radius 1 is 1.26 bits per heavy atom. The van der Waals surface area contributed by atoms with Crippen LogP contribution in [-0.4, -0.2) is 16.3 Å². The first-order valence-corrected chi connectivity index (χ1v) is 8.53. The van der Waals surface area contributed by atoms with Crippen molar-refractivity contribution in [3.05, 3.63) is 47.3 Å². The highest BCUT2D eigenvalue weighted by molar-refractivity contribution is 5.48. The van der Waals surface area contributed by atoms with Gasteiger partial charge >= 0.3 is 0 Å². The second-order valence-corrected chi connectivity index (χ2v) is 6.39. The monoisotopic (exact) mass is 308 g/mol. The van der Waals surface area contributed by atoms with E-state index in [1.807, 2.05) is 24.3 Å². The third-order valence-electron chi connectivity index (χ3n) is 4.42. The molecule has 1 aliphatic rings. The summed E-state index contributed by atoms with van der Waals surface area (Å²) in [6, 6.07) is 12.1. The van der Waals surface area contributed by atoms with Gasteiger partial charge in [0.15, 0.2) is 0 Å². The third-order valence-corrected chi connectivity index (χ3v) is 4.42. The Kier molecular flexibility index (Phi) is 4.97. The van der Waals surface area contributed by atoms with Gasteiger partial charge in [0.2, 0.25) is 0 Å². The molecule has 1 fully saturated rings. The zero-order chi connectivity index (χ0) is 16.1. The van der Waals surface area contributed by atoms with Crippen LogP contribution in [0.5, 0.6) is 0 Å². The number of aromatic nitrogens is 2. The largest absolute Gasteiger partial charge is 0.385 e. The summed E-state index contributed by atoms with van der Waals surface area (Å²) in [6.07, 6.45) is 7.28. The molecule has 120 valence electrons. The van der Waals surface area contributed by atoms with E-state index in [1.165, 1.54) is 37.1 Å². The number of nitrogens with zero attached hydrogens (tertiary/aromatic N) is 3. The van der Waals surface area contributed by atoms with Crippen LogP contribution in [0.2, 0.25) is 0 Å². The maximum absolute atomic E-state index is 8.89. The van der Waals surface area contributed by atoms with Crippen LogP contribution in [0.4, 0.5) is 5.69 Å². The maximum atomic E-state index is 8.89. The highest BCUT2D eigenvalue weighted by Crippen LogP contribution is 2.39. The number of anilines is 1. The molecule has 1 aromatic carbocycles. The number of benzene rings is 1. The van der Waals surface area contributed by atoms with Gasteiger partial charge in [-0.2, -0.15) is 10.4 Å². The van der Waals surface area contributed by atoms with Gasteiger partial charge in [0.05, 0.1) is 17.3 Å². The van der Waals surface area contributed by atoms with Crippen molar-refractivity contribution in [2.75, 3.05) is 11.9 Å². The van der Waals surface area contributed by atoms with Gasteiger partial charge in [-0.1, -0.05) is 12.5 Å². The molecule has 1 aromatic heterocycles. The van der Waals surface area contributed by atoms with E-state index in [1.54, 1.807) is 0 Å². The van der Waals surface area contributed by atoms with Crippen molar-refractivity contribution in [2.45, 2.75) is 44.4 Å². The van der Waals surface area contributed by atoms with Crippen molar-refractivity contribution in [3.8, 4) is 6.07 Å². The third kappa shape index (κ3) is 4.35. The SMILES string of the molecule is Cn1nc(C2CC2)cc1CCCCCNc1cccc(C#N)c1. The molecule has 1 heterocycles.